The predicted molar refractivity (Wildman–Crippen MR) is 199 cm³/mol. The maximum Gasteiger partial charge on any atom is 0.441 e. The lowest BCUT2D eigenvalue weighted by atomic mass is 9.84. The molecule has 0 bridgehead atoms. The number of amides is 3. The Balaban J connectivity index is 3.83. The lowest BCUT2D eigenvalue weighted by Crippen LogP contribution is -2.42. The van der Waals surface area contributed by atoms with Gasteiger partial charge in [-0.3, -0.25) is 4.79 Å². The molecule has 1 unspecified atom stereocenters. The number of ether oxygens (including phenoxy) is 5. The van der Waals surface area contributed by atoms with Crippen molar-refractivity contribution in [2.24, 2.45) is 28.8 Å². The van der Waals surface area contributed by atoms with Gasteiger partial charge in [0, 0.05) is 50.6 Å². The van der Waals surface area contributed by atoms with E-state index in [4.69, 9.17) is 28.8 Å². The van der Waals surface area contributed by atoms with E-state index in [2.05, 4.69) is 39.8 Å². The van der Waals surface area contributed by atoms with Crippen LogP contribution in [0.5, 0.6) is 11.5 Å². The molecular formula is C39H65N3O8. The van der Waals surface area contributed by atoms with Gasteiger partial charge in [-0.2, -0.15) is 5.10 Å². The van der Waals surface area contributed by atoms with Crippen molar-refractivity contribution in [2.45, 2.75) is 114 Å². The smallest absolute Gasteiger partial charge is 0.441 e. The largest absolute Gasteiger partial charge is 0.493 e. The SMILES string of the molecule is CCN(CC)C(=O)[C@@H](CC=CCC(C(=NN(C(=O)OC(C)(C)C)C(=O)OC(C)(C)C)c1ccc(OC)c(OCCCOC)c1)C(C)C)C(C)C. The Labute approximate surface area is 301 Å². The van der Waals surface area contributed by atoms with Gasteiger partial charge in [0.15, 0.2) is 11.5 Å². The third-order valence-electron chi connectivity index (χ3n) is 7.85. The van der Waals surface area contributed by atoms with Crippen LogP contribution in [0.3, 0.4) is 0 Å². The van der Waals surface area contributed by atoms with Gasteiger partial charge in [-0.05, 0) is 98.3 Å². The summed E-state index contributed by atoms with van der Waals surface area (Å²) < 4.78 is 28.1. The van der Waals surface area contributed by atoms with Crippen LogP contribution in [0.2, 0.25) is 0 Å². The van der Waals surface area contributed by atoms with E-state index in [1.165, 1.54) is 0 Å². The van der Waals surface area contributed by atoms with Crippen molar-refractivity contribution >= 4 is 23.8 Å². The second kappa shape index (κ2) is 20.9. The number of imide groups is 1. The molecular weight excluding hydrogens is 638 g/mol. The van der Waals surface area contributed by atoms with E-state index in [-0.39, 0.29) is 29.6 Å². The monoisotopic (exact) mass is 703 g/mol. The molecule has 0 N–H and O–H groups in total. The van der Waals surface area contributed by atoms with Crippen molar-refractivity contribution in [3.05, 3.63) is 35.9 Å². The highest BCUT2D eigenvalue weighted by Crippen LogP contribution is 2.32. The molecule has 0 radical (unpaired) electrons. The van der Waals surface area contributed by atoms with Crippen LogP contribution in [0.4, 0.5) is 9.59 Å². The van der Waals surface area contributed by atoms with Crippen LogP contribution in [-0.4, -0.2) is 85.4 Å². The Morgan fingerprint density at radius 3 is 1.74 bits per heavy atom. The molecule has 50 heavy (non-hydrogen) atoms. The first-order chi connectivity index (χ1) is 23.3. The Kier molecular flexibility index (Phi) is 18.6. The number of carbonyl (C=O) groups is 3. The number of carbonyl (C=O) groups excluding carboxylic acids is 3. The molecule has 0 aromatic heterocycles. The Bertz CT molecular complexity index is 1240. The van der Waals surface area contributed by atoms with Gasteiger partial charge in [-0.25, -0.2) is 9.59 Å². The van der Waals surface area contributed by atoms with Crippen LogP contribution < -0.4 is 9.47 Å². The second-order valence-corrected chi connectivity index (χ2v) is 15.0. The van der Waals surface area contributed by atoms with Crippen molar-refractivity contribution in [1.29, 1.82) is 0 Å². The first-order valence-corrected chi connectivity index (χ1v) is 17.9. The van der Waals surface area contributed by atoms with E-state index in [0.717, 1.165) is 0 Å². The van der Waals surface area contributed by atoms with Crippen LogP contribution in [0.15, 0.2) is 35.5 Å². The third kappa shape index (κ3) is 15.1. The minimum atomic E-state index is -0.957. The van der Waals surface area contributed by atoms with E-state index < -0.39 is 23.4 Å². The van der Waals surface area contributed by atoms with Gasteiger partial charge in [-0.1, -0.05) is 44.9 Å². The molecule has 0 aliphatic carbocycles. The molecule has 3 amide bonds. The standard InChI is InChI=1S/C39H65N3O8/c1-15-41(16-2)35(43)31(28(5)6)21-18-17-20-30(27(3)4)34(29-22-23-32(47-14)33(26-29)48-25-19-24-46-13)40-42(36(44)49-38(7,8)9)37(45)50-39(10,11)12/h17-18,22-23,26-28,30-31H,15-16,19-21,24-25H2,1-14H3/t30?,31-/m0/s1. The van der Waals surface area contributed by atoms with E-state index in [1.54, 1.807) is 61.8 Å². The number of benzene rings is 1. The minimum absolute atomic E-state index is 0.0175. The number of nitrogens with zero attached hydrogens (tertiary/aromatic N) is 3. The maximum atomic E-state index is 13.6. The molecule has 0 fully saturated rings. The Hall–Kier alpha value is -3.60. The summed E-state index contributed by atoms with van der Waals surface area (Å²) >= 11 is 0. The second-order valence-electron chi connectivity index (χ2n) is 15.0. The number of allylic oxidation sites excluding steroid dienone is 2. The van der Waals surface area contributed by atoms with Crippen molar-refractivity contribution in [3.63, 3.8) is 0 Å². The molecule has 1 rings (SSSR count). The molecule has 2 atom stereocenters. The fourth-order valence-electron chi connectivity index (χ4n) is 5.17. The van der Waals surface area contributed by atoms with Gasteiger partial charge in [-0.15, -0.1) is 0 Å². The fraction of sp³-hybridized carbons (Fsp3) is 0.692. The predicted octanol–water partition coefficient (Wildman–Crippen LogP) is 8.74. The molecule has 11 nitrogen and oxygen atoms in total. The average molecular weight is 704 g/mol. The summed E-state index contributed by atoms with van der Waals surface area (Å²) in [6, 6.07) is 5.42. The van der Waals surface area contributed by atoms with Gasteiger partial charge in [0.1, 0.15) is 11.2 Å². The molecule has 11 heteroatoms. The number of hydrogen-bond donors (Lipinski definition) is 0. The molecule has 0 aliphatic heterocycles. The summed E-state index contributed by atoms with van der Waals surface area (Å²) in [7, 11) is 3.20. The number of methoxy groups -OCH3 is 2. The quantitative estimate of drug-likeness (QED) is 0.0645. The summed E-state index contributed by atoms with van der Waals surface area (Å²) in [6.07, 6.45) is 3.98. The zero-order valence-electron chi connectivity index (χ0n) is 33.3. The number of rotatable bonds is 18. The molecule has 0 heterocycles. The minimum Gasteiger partial charge on any atom is -0.493 e. The maximum absolute atomic E-state index is 13.6. The summed E-state index contributed by atoms with van der Waals surface area (Å²) in [5, 5.41) is 5.42. The molecule has 1 aromatic rings. The van der Waals surface area contributed by atoms with Gasteiger partial charge in [0.05, 0.1) is 19.4 Å². The average Bonchev–Trinajstić information content (AvgIpc) is 3.00. The first kappa shape index (κ1) is 44.4. The summed E-state index contributed by atoms with van der Waals surface area (Å²) in [6.45, 7) is 24.8. The summed E-state index contributed by atoms with van der Waals surface area (Å²) in [5.74, 6) is 0.935. The fourth-order valence-corrected chi connectivity index (χ4v) is 5.17. The van der Waals surface area contributed by atoms with Crippen molar-refractivity contribution < 1.29 is 38.1 Å². The van der Waals surface area contributed by atoms with Gasteiger partial charge >= 0.3 is 12.2 Å². The molecule has 0 saturated carbocycles. The van der Waals surface area contributed by atoms with Crippen LogP contribution >= 0.6 is 0 Å². The molecule has 0 saturated heterocycles. The van der Waals surface area contributed by atoms with Crippen molar-refractivity contribution in [2.75, 3.05) is 40.5 Å². The highest BCUT2D eigenvalue weighted by Gasteiger charge is 2.34. The van der Waals surface area contributed by atoms with Gasteiger partial charge in [0.25, 0.3) is 0 Å². The van der Waals surface area contributed by atoms with Crippen molar-refractivity contribution in [1.82, 2.24) is 9.91 Å². The number of hydrogen-bond acceptors (Lipinski definition) is 9. The normalized spacial score (nSPS) is 13.7. The van der Waals surface area contributed by atoms with E-state index in [1.807, 2.05) is 30.9 Å². The third-order valence-corrected chi connectivity index (χ3v) is 7.85. The van der Waals surface area contributed by atoms with Gasteiger partial charge in [0.2, 0.25) is 5.91 Å². The molecule has 0 spiro atoms. The van der Waals surface area contributed by atoms with Gasteiger partial charge < -0.3 is 28.6 Å². The van der Waals surface area contributed by atoms with E-state index in [9.17, 15) is 14.4 Å². The summed E-state index contributed by atoms with van der Waals surface area (Å²) in [4.78, 5) is 42.3. The first-order valence-electron chi connectivity index (χ1n) is 17.9. The highest BCUT2D eigenvalue weighted by atomic mass is 16.6. The number of hydrazone groups is 1. The zero-order chi connectivity index (χ0) is 38.2. The van der Waals surface area contributed by atoms with Crippen LogP contribution in [0.25, 0.3) is 0 Å². The Morgan fingerprint density at radius 1 is 0.780 bits per heavy atom. The lowest BCUT2D eigenvalue weighted by molar-refractivity contribution is -0.136. The lowest BCUT2D eigenvalue weighted by Gasteiger charge is -2.28. The molecule has 284 valence electrons. The van der Waals surface area contributed by atoms with Crippen LogP contribution in [0.1, 0.15) is 108 Å². The Morgan fingerprint density at radius 2 is 1.30 bits per heavy atom. The highest BCUT2D eigenvalue weighted by molar-refractivity contribution is 6.04. The summed E-state index contributed by atoms with van der Waals surface area (Å²) in [5.41, 5.74) is -0.697. The van der Waals surface area contributed by atoms with E-state index in [0.29, 0.717) is 73.3 Å². The zero-order valence-corrected chi connectivity index (χ0v) is 33.3. The van der Waals surface area contributed by atoms with E-state index >= 15 is 0 Å². The topological polar surface area (TPSA) is 116 Å². The van der Waals surface area contributed by atoms with Crippen molar-refractivity contribution in [3.8, 4) is 11.5 Å². The van der Waals surface area contributed by atoms with Crippen LogP contribution in [0, 0.1) is 23.7 Å². The molecule has 0 aliphatic rings. The van der Waals surface area contributed by atoms with Crippen LogP contribution in [-0.2, 0) is 19.0 Å². The molecule has 1 aromatic carbocycles.